The van der Waals surface area contributed by atoms with Crippen LogP contribution in [-0.2, 0) is 47.2 Å². The zero-order valence-corrected chi connectivity index (χ0v) is 23.6. The number of benzene rings is 1. The maximum absolute atomic E-state index is 15.3. The van der Waals surface area contributed by atoms with Crippen molar-refractivity contribution in [3.05, 3.63) is 48.1 Å². The first-order valence-corrected chi connectivity index (χ1v) is 12.8. The summed E-state index contributed by atoms with van der Waals surface area (Å²) in [5, 5.41) is 11.5. The predicted molar refractivity (Wildman–Crippen MR) is 130 cm³/mol. The Morgan fingerprint density at radius 3 is 2.76 bits per heavy atom. The smallest absolute Gasteiger partial charge is 0.494 e. The van der Waals surface area contributed by atoms with Crippen LogP contribution in [0.25, 0.3) is 0 Å². The number of piperidine rings is 2. The van der Waals surface area contributed by atoms with Crippen molar-refractivity contribution in [1.82, 2.24) is 26.2 Å². The molecule has 4 atom stereocenters. The molecule has 3 heterocycles. The summed E-state index contributed by atoms with van der Waals surface area (Å²) >= 11 is 0. The van der Waals surface area contributed by atoms with Crippen LogP contribution in [0.1, 0.15) is 54.1 Å². The molecule has 5 rings (SSSR count). The molecule has 3 fully saturated rings. The number of imide groups is 1. The number of amides is 4. The molecule has 4 aliphatic rings. The maximum Gasteiger partial charge on any atom is 2.00 e. The number of hydrogen-bond donors (Lipinski definition) is 4. The van der Waals surface area contributed by atoms with Crippen LogP contribution in [0.4, 0.5) is 9.18 Å². The molecule has 3 aliphatic heterocycles. The molecule has 38 heavy (non-hydrogen) atoms. The van der Waals surface area contributed by atoms with Gasteiger partial charge in [0, 0.05) is 25.1 Å². The number of nitrogens with one attached hydrogen (secondary N) is 4. The van der Waals surface area contributed by atoms with E-state index in [1.807, 2.05) is 0 Å². The van der Waals surface area contributed by atoms with Crippen molar-refractivity contribution < 1.29 is 48.1 Å². The van der Waals surface area contributed by atoms with E-state index in [9.17, 15) is 19.2 Å². The van der Waals surface area contributed by atoms with Crippen molar-refractivity contribution in [2.75, 3.05) is 6.54 Å². The number of alkyl carbamates (subject to hydrolysis) is 1. The minimum atomic E-state index is -0.815. The van der Waals surface area contributed by atoms with Crippen LogP contribution in [0, 0.1) is 31.1 Å². The van der Waals surface area contributed by atoms with Crippen LogP contribution in [0.15, 0.2) is 12.1 Å². The molecular weight excluding hydrogens is 672 g/mol. The molecule has 206 valence electrons. The van der Waals surface area contributed by atoms with E-state index in [2.05, 4.69) is 41.7 Å². The molecule has 1 aromatic carbocycles. The average molecular weight is 704 g/mol. The predicted octanol–water partition coefficient (Wildman–Crippen LogP) is 1.15. The first kappa shape index (κ1) is 28.6. The number of carbonyl (C=O) groups excluding carboxylic acids is 4. The SMILES string of the molecule is [CH2-]NC1[CH-]C(C)CNC1C1CC(OC(=O)NCc2ccc3c(c2F)C(=O)N(C2CCC(=O)NC2=O)C3)C1.[Os+2]. The summed E-state index contributed by atoms with van der Waals surface area (Å²) in [6, 6.07) is 2.75. The average Bonchev–Trinajstić information content (AvgIpc) is 3.17. The Morgan fingerprint density at radius 2 is 2.05 bits per heavy atom. The van der Waals surface area contributed by atoms with Crippen LogP contribution in [-0.4, -0.2) is 59.5 Å². The van der Waals surface area contributed by atoms with Gasteiger partial charge in [0.15, 0.2) is 0 Å². The molecule has 4 unspecified atom stereocenters. The normalized spacial score (nSPS) is 30.6. The molecule has 0 radical (unpaired) electrons. The second-order valence-electron chi connectivity index (χ2n) is 10.4. The van der Waals surface area contributed by atoms with Gasteiger partial charge in [-0.15, -0.1) is 6.04 Å². The Kier molecular flexibility index (Phi) is 8.85. The van der Waals surface area contributed by atoms with Gasteiger partial charge in [0.05, 0.1) is 5.56 Å². The zero-order chi connectivity index (χ0) is 26.3. The van der Waals surface area contributed by atoms with Crippen molar-refractivity contribution in [3.8, 4) is 0 Å². The Bertz CT molecular complexity index is 1110. The first-order chi connectivity index (χ1) is 17.7. The summed E-state index contributed by atoms with van der Waals surface area (Å²) in [4.78, 5) is 50.2. The topological polar surface area (TPSA) is 129 Å². The van der Waals surface area contributed by atoms with Gasteiger partial charge in [-0.2, -0.15) is 5.92 Å². The van der Waals surface area contributed by atoms with E-state index in [4.69, 9.17) is 4.74 Å². The van der Waals surface area contributed by atoms with Gasteiger partial charge in [-0.05, 0) is 43.3 Å². The zero-order valence-electron chi connectivity index (χ0n) is 21.1. The summed E-state index contributed by atoms with van der Waals surface area (Å²) in [5.74, 6) is -1.41. The van der Waals surface area contributed by atoms with Crippen LogP contribution < -0.4 is 21.3 Å². The van der Waals surface area contributed by atoms with Gasteiger partial charge >= 0.3 is 25.9 Å². The molecule has 0 spiro atoms. The largest absolute Gasteiger partial charge is 2.00 e. The minimum Gasteiger partial charge on any atom is -0.494 e. The third-order valence-corrected chi connectivity index (χ3v) is 7.88. The maximum atomic E-state index is 15.3. The molecule has 4 N–H and O–H groups in total. The van der Waals surface area contributed by atoms with Gasteiger partial charge in [0.2, 0.25) is 11.8 Å². The molecule has 12 heteroatoms. The number of nitrogens with zero attached hydrogens (tertiary/aromatic N) is 1. The summed E-state index contributed by atoms with van der Waals surface area (Å²) in [7, 11) is 3.82. The third kappa shape index (κ3) is 5.63. The summed E-state index contributed by atoms with van der Waals surface area (Å²) < 4.78 is 20.7. The van der Waals surface area contributed by atoms with Crippen molar-refractivity contribution in [2.24, 2.45) is 11.8 Å². The Balaban J connectivity index is 0.00000336. The monoisotopic (exact) mass is 705 g/mol. The third-order valence-electron chi connectivity index (χ3n) is 7.88. The van der Waals surface area contributed by atoms with Gasteiger partial charge in [0.25, 0.3) is 5.91 Å². The van der Waals surface area contributed by atoms with Crippen LogP contribution in [0.2, 0.25) is 0 Å². The molecule has 1 aromatic rings. The first-order valence-electron chi connectivity index (χ1n) is 12.8. The van der Waals surface area contributed by atoms with Crippen molar-refractivity contribution >= 4 is 23.8 Å². The van der Waals surface area contributed by atoms with E-state index in [0.717, 1.165) is 19.4 Å². The Labute approximate surface area is 234 Å². The van der Waals surface area contributed by atoms with E-state index in [-0.39, 0.29) is 80.9 Å². The van der Waals surface area contributed by atoms with E-state index in [0.29, 0.717) is 17.4 Å². The summed E-state index contributed by atoms with van der Waals surface area (Å²) in [5.41, 5.74) is 0.525. The molecule has 1 saturated carbocycles. The van der Waals surface area contributed by atoms with E-state index >= 15 is 4.39 Å². The van der Waals surface area contributed by atoms with Gasteiger partial charge in [-0.3, -0.25) is 26.7 Å². The fourth-order valence-corrected chi connectivity index (χ4v) is 5.79. The van der Waals surface area contributed by atoms with Gasteiger partial charge in [-0.1, -0.05) is 19.1 Å². The summed E-state index contributed by atoms with van der Waals surface area (Å²) in [6.45, 7) is 3.02. The van der Waals surface area contributed by atoms with Crippen LogP contribution in [0.3, 0.4) is 0 Å². The van der Waals surface area contributed by atoms with Gasteiger partial charge < -0.3 is 32.0 Å². The Hall–Kier alpha value is -2.41. The number of hydrogen-bond acceptors (Lipinski definition) is 7. The van der Waals surface area contributed by atoms with Crippen LogP contribution in [0.5, 0.6) is 0 Å². The number of halogens is 1. The molecule has 1 aliphatic carbocycles. The molecule has 0 bridgehead atoms. The quantitative estimate of drug-likeness (QED) is 0.259. The molecule has 2 saturated heterocycles. The van der Waals surface area contributed by atoms with E-state index in [1.54, 1.807) is 6.07 Å². The van der Waals surface area contributed by atoms with E-state index in [1.165, 1.54) is 11.0 Å². The minimum absolute atomic E-state index is 0. The van der Waals surface area contributed by atoms with E-state index < -0.39 is 29.8 Å². The standard InChI is InChI=1S/C26H32FN5O5.Os/c1-13-7-18(28-2)23(29-10-13)16-8-17(9-16)37-26(36)30-11-14-3-4-15-12-32(25(35)21(15)22(14)27)19-5-6-20(33)31-24(19)34;/h3-4,7,13,16-19,23,28-29H,2,5-6,8-12H2,1H3,(H,30,36)(H,31,33,34);/q-2;+2. The molecular formula is C26H32FN5O5Os. The van der Waals surface area contributed by atoms with Crippen molar-refractivity contribution in [3.63, 3.8) is 0 Å². The number of fused-ring (bicyclic) bond motifs is 1. The molecule has 4 amide bonds. The van der Waals surface area contributed by atoms with Crippen molar-refractivity contribution in [2.45, 2.75) is 69.9 Å². The van der Waals surface area contributed by atoms with Gasteiger partial charge in [0.1, 0.15) is 18.0 Å². The fourth-order valence-electron chi connectivity index (χ4n) is 5.79. The second-order valence-corrected chi connectivity index (χ2v) is 10.4. The van der Waals surface area contributed by atoms with Crippen LogP contribution >= 0.6 is 0 Å². The molecule has 10 nitrogen and oxygen atoms in total. The fraction of sp³-hybridized carbons (Fsp3) is 0.538. The molecule has 0 aromatic heterocycles. The number of carbonyl (C=O) groups is 4. The summed E-state index contributed by atoms with van der Waals surface area (Å²) in [6.07, 6.45) is 3.23. The second kappa shape index (κ2) is 11.8. The van der Waals surface area contributed by atoms with Gasteiger partial charge in [-0.25, -0.2) is 9.18 Å². The number of rotatable bonds is 6. The van der Waals surface area contributed by atoms with Crippen molar-refractivity contribution in [1.29, 1.82) is 0 Å². The number of ether oxygens (including phenoxy) is 1. The Morgan fingerprint density at radius 1 is 1.29 bits per heavy atom.